The van der Waals surface area contributed by atoms with Gasteiger partial charge in [0.25, 0.3) is 0 Å². The van der Waals surface area contributed by atoms with Crippen LogP contribution in [-0.2, 0) is 9.47 Å². The Bertz CT molecular complexity index is 262. The lowest BCUT2D eigenvalue weighted by atomic mass is 10.1. The number of ether oxygens (including phenoxy) is 2. The zero-order valence-corrected chi connectivity index (χ0v) is 12.4. The maximum absolute atomic E-state index is 11.8. The summed E-state index contributed by atoms with van der Waals surface area (Å²) < 4.78 is 10.8. The summed E-state index contributed by atoms with van der Waals surface area (Å²) in [6, 6.07) is 0. The van der Waals surface area contributed by atoms with Crippen LogP contribution in [0.15, 0.2) is 12.3 Å². The molecule has 1 unspecified atom stereocenters. The fourth-order valence-electron chi connectivity index (χ4n) is 1.86. The molecule has 92 valence electrons. The maximum atomic E-state index is 11.8. The number of hydrogen-bond donors (Lipinski definition) is 0. The molecule has 0 bridgehead atoms. The first-order valence-corrected chi connectivity index (χ1v) is 6.87. The molecule has 1 aliphatic rings. The Kier molecular flexibility index (Phi) is 5.01. The third-order valence-corrected chi connectivity index (χ3v) is 3.99. The van der Waals surface area contributed by atoms with E-state index in [0.29, 0.717) is 6.61 Å². The summed E-state index contributed by atoms with van der Waals surface area (Å²) in [4.78, 5) is 13.4. The Hall–Kier alpha value is -0.813. The molecule has 0 N–H and O–H groups in total. The topological polar surface area (TPSA) is 38.8 Å². The standard InChI is InChI=1S/C11H21NO3Si/c1-3-8-12(10(13)14-4-2)11(16)7-5-6-9-15-11/h3,8H,4-7,9H2,1-2,16H3. The van der Waals surface area contributed by atoms with Gasteiger partial charge in [-0.05, 0) is 33.1 Å². The van der Waals surface area contributed by atoms with Crippen molar-refractivity contribution >= 4 is 16.3 Å². The second-order valence-corrected chi connectivity index (χ2v) is 5.59. The van der Waals surface area contributed by atoms with E-state index >= 15 is 0 Å². The number of carbonyl (C=O) groups excluding carboxylic acids is 1. The minimum Gasteiger partial charge on any atom is -0.449 e. The zero-order valence-electron chi connectivity index (χ0n) is 10.4. The van der Waals surface area contributed by atoms with Crippen LogP contribution in [0, 0.1) is 0 Å². The van der Waals surface area contributed by atoms with Crippen LogP contribution < -0.4 is 0 Å². The summed E-state index contributed by atoms with van der Waals surface area (Å²) in [6.45, 7) is 4.83. The van der Waals surface area contributed by atoms with Crippen molar-refractivity contribution in [3.8, 4) is 0 Å². The molecular formula is C11H21NO3Si. The van der Waals surface area contributed by atoms with Crippen molar-refractivity contribution in [3.05, 3.63) is 12.3 Å². The van der Waals surface area contributed by atoms with Crippen LogP contribution in [0.4, 0.5) is 4.79 Å². The van der Waals surface area contributed by atoms with Gasteiger partial charge in [0.2, 0.25) is 0 Å². The van der Waals surface area contributed by atoms with Gasteiger partial charge < -0.3 is 9.47 Å². The van der Waals surface area contributed by atoms with Crippen LogP contribution in [0.25, 0.3) is 0 Å². The number of allylic oxidation sites excluding steroid dienone is 1. The molecule has 0 aromatic heterocycles. The highest BCUT2D eigenvalue weighted by Gasteiger charge is 2.37. The normalized spacial score (nSPS) is 25.9. The zero-order chi connectivity index (χ0) is 12.0. The number of carbonyl (C=O) groups is 1. The van der Waals surface area contributed by atoms with Gasteiger partial charge in [-0.1, -0.05) is 6.08 Å². The summed E-state index contributed by atoms with van der Waals surface area (Å²) in [5, 5.41) is -0.420. The van der Waals surface area contributed by atoms with Gasteiger partial charge in [-0.2, -0.15) is 0 Å². The van der Waals surface area contributed by atoms with Crippen molar-refractivity contribution in [1.82, 2.24) is 4.90 Å². The molecule has 5 heteroatoms. The Morgan fingerprint density at radius 3 is 2.88 bits per heavy atom. The van der Waals surface area contributed by atoms with Crippen molar-refractivity contribution < 1.29 is 14.3 Å². The van der Waals surface area contributed by atoms with Crippen LogP contribution >= 0.6 is 0 Å². The van der Waals surface area contributed by atoms with Gasteiger partial charge in [-0.15, -0.1) is 0 Å². The lowest BCUT2D eigenvalue weighted by molar-refractivity contribution is -0.0933. The maximum Gasteiger partial charge on any atom is 0.415 e. The lowest BCUT2D eigenvalue weighted by Crippen LogP contribution is -2.53. The molecule has 4 nitrogen and oxygen atoms in total. The first-order valence-electron chi connectivity index (χ1n) is 5.87. The van der Waals surface area contributed by atoms with Gasteiger partial charge in [-0.25, -0.2) is 4.79 Å². The Labute approximate surface area is 100 Å². The molecule has 1 aliphatic heterocycles. The minimum atomic E-state index is -0.420. The van der Waals surface area contributed by atoms with Crippen molar-refractivity contribution in [2.45, 2.75) is 38.5 Å². The van der Waals surface area contributed by atoms with E-state index in [1.807, 2.05) is 19.9 Å². The molecule has 1 rings (SSSR count). The molecule has 0 spiro atoms. The average molecular weight is 243 g/mol. The third-order valence-electron chi connectivity index (χ3n) is 2.72. The summed E-state index contributed by atoms with van der Waals surface area (Å²) >= 11 is 0. The number of amides is 1. The Balaban J connectivity index is 2.78. The molecule has 0 aromatic rings. The summed E-state index contributed by atoms with van der Waals surface area (Å²) in [5.74, 6) is 0. The Morgan fingerprint density at radius 2 is 2.38 bits per heavy atom. The summed E-state index contributed by atoms with van der Waals surface area (Å²) in [5.41, 5.74) is 0. The van der Waals surface area contributed by atoms with Crippen LogP contribution in [0.5, 0.6) is 0 Å². The van der Waals surface area contributed by atoms with Gasteiger partial charge in [0.1, 0.15) is 5.35 Å². The number of nitrogens with zero attached hydrogens (tertiary/aromatic N) is 1. The minimum absolute atomic E-state index is 0.308. The van der Waals surface area contributed by atoms with Gasteiger partial charge in [0.05, 0.1) is 16.8 Å². The van der Waals surface area contributed by atoms with E-state index in [2.05, 4.69) is 0 Å². The van der Waals surface area contributed by atoms with Crippen LogP contribution in [0.3, 0.4) is 0 Å². The smallest absolute Gasteiger partial charge is 0.415 e. The predicted octanol–water partition coefficient (Wildman–Crippen LogP) is 1.20. The fraction of sp³-hybridized carbons (Fsp3) is 0.727. The average Bonchev–Trinajstić information content (AvgIpc) is 2.27. The van der Waals surface area contributed by atoms with E-state index in [0.717, 1.165) is 36.1 Å². The Morgan fingerprint density at radius 1 is 1.62 bits per heavy atom. The second-order valence-electron chi connectivity index (χ2n) is 4.03. The molecule has 0 aromatic carbocycles. The van der Waals surface area contributed by atoms with Crippen molar-refractivity contribution in [1.29, 1.82) is 0 Å². The monoisotopic (exact) mass is 243 g/mol. The summed E-state index contributed by atoms with van der Waals surface area (Å²) in [6.07, 6.45) is 6.39. The molecule has 1 fully saturated rings. The molecule has 1 atom stereocenters. The van der Waals surface area contributed by atoms with Gasteiger partial charge in [0, 0.05) is 12.8 Å². The molecule has 0 aliphatic carbocycles. The molecular weight excluding hydrogens is 222 g/mol. The van der Waals surface area contributed by atoms with Crippen molar-refractivity contribution in [3.63, 3.8) is 0 Å². The molecule has 1 amide bonds. The van der Waals surface area contributed by atoms with E-state index in [1.165, 1.54) is 0 Å². The fourth-order valence-corrected chi connectivity index (χ4v) is 2.75. The third kappa shape index (κ3) is 3.09. The quantitative estimate of drug-likeness (QED) is 0.699. The van der Waals surface area contributed by atoms with Crippen LogP contribution in [-0.4, -0.2) is 39.8 Å². The van der Waals surface area contributed by atoms with E-state index in [9.17, 15) is 4.79 Å². The second kappa shape index (κ2) is 6.05. The van der Waals surface area contributed by atoms with Crippen molar-refractivity contribution in [2.75, 3.05) is 13.2 Å². The largest absolute Gasteiger partial charge is 0.449 e. The SMILES string of the molecule is CC=CN(C(=O)OCC)C1([SiH3])CCCCO1. The van der Waals surface area contributed by atoms with E-state index < -0.39 is 5.35 Å². The molecule has 1 heterocycles. The van der Waals surface area contributed by atoms with E-state index in [-0.39, 0.29) is 6.09 Å². The van der Waals surface area contributed by atoms with Crippen LogP contribution in [0.1, 0.15) is 33.1 Å². The number of rotatable bonds is 3. The summed E-state index contributed by atoms with van der Waals surface area (Å²) in [7, 11) is 0.784. The molecule has 16 heavy (non-hydrogen) atoms. The predicted molar refractivity (Wildman–Crippen MR) is 66.1 cm³/mol. The van der Waals surface area contributed by atoms with Gasteiger partial charge >= 0.3 is 6.09 Å². The first-order chi connectivity index (χ1) is 7.64. The molecule has 0 radical (unpaired) electrons. The van der Waals surface area contributed by atoms with Gasteiger partial charge in [-0.3, -0.25) is 4.90 Å². The van der Waals surface area contributed by atoms with Gasteiger partial charge in [0.15, 0.2) is 0 Å². The van der Waals surface area contributed by atoms with Crippen molar-refractivity contribution in [2.24, 2.45) is 0 Å². The highest BCUT2D eigenvalue weighted by molar-refractivity contribution is 6.15. The highest BCUT2D eigenvalue weighted by atomic mass is 28.1. The van der Waals surface area contributed by atoms with E-state index in [1.54, 1.807) is 11.1 Å². The first kappa shape index (κ1) is 13.3. The molecule has 0 saturated carbocycles. The number of hydrogen-bond acceptors (Lipinski definition) is 3. The van der Waals surface area contributed by atoms with E-state index in [4.69, 9.17) is 9.47 Å². The molecule has 1 saturated heterocycles. The highest BCUT2D eigenvalue weighted by Crippen LogP contribution is 2.26. The van der Waals surface area contributed by atoms with Crippen LogP contribution in [0.2, 0.25) is 0 Å². The lowest BCUT2D eigenvalue weighted by Gasteiger charge is -2.41.